The lowest BCUT2D eigenvalue weighted by Gasteiger charge is -2.17. The molecule has 0 unspecified atom stereocenters. The number of carbonyl (C=O) groups is 1. The third-order valence-corrected chi connectivity index (χ3v) is 4.30. The Morgan fingerprint density at radius 2 is 1.64 bits per heavy atom. The minimum Gasteiger partial charge on any atom is -0.396 e. The van der Waals surface area contributed by atoms with Crippen molar-refractivity contribution >= 4 is 17.7 Å². The van der Waals surface area contributed by atoms with E-state index in [4.69, 9.17) is 5.11 Å². The Bertz CT molecular complexity index is 288. The number of aliphatic hydroxyl groups excluding tert-OH is 1. The van der Waals surface area contributed by atoms with Gasteiger partial charge in [0.1, 0.15) is 0 Å². The zero-order valence-electron chi connectivity index (χ0n) is 13.3. The zero-order valence-corrected chi connectivity index (χ0v) is 14.1. The van der Waals surface area contributed by atoms with Crippen LogP contribution in [-0.2, 0) is 4.79 Å². The van der Waals surface area contributed by atoms with E-state index in [1.165, 1.54) is 11.8 Å². The maximum absolute atomic E-state index is 11.9. The van der Waals surface area contributed by atoms with Crippen molar-refractivity contribution < 1.29 is 23.1 Å². The Morgan fingerprint density at radius 3 is 2.23 bits per heavy atom. The average molecular weight is 343 g/mol. The highest BCUT2D eigenvalue weighted by Crippen LogP contribution is 2.22. The van der Waals surface area contributed by atoms with Crippen molar-refractivity contribution in [3.63, 3.8) is 0 Å². The van der Waals surface area contributed by atoms with Crippen LogP contribution >= 0.6 is 11.8 Å². The topological polar surface area (TPSA) is 40.5 Å². The van der Waals surface area contributed by atoms with Gasteiger partial charge in [-0.1, -0.05) is 25.7 Å². The quantitative estimate of drug-likeness (QED) is 0.516. The number of rotatable bonds is 13. The Kier molecular flexibility index (Phi) is 12.8. The Balaban J connectivity index is 3.47. The number of hydrogen-bond donors (Lipinski definition) is 1. The summed E-state index contributed by atoms with van der Waals surface area (Å²) in [6.07, 6.45) is 1.51. The number of aliphatic hydroxyl groups is 1. The second-order valence-electron chi connectivity index (χ2n) is 5.39. The fraction of sp³-hybridized carbons (Fsp3) is 0.933. The molecule has 7 heteroatoms. The van der Waals surface area contributed by atoms with E-state index in [-0.39, 0.29) is 18.3 Å². The van der Waals surface area contributed by atoms with Crippen LogP contribution in [0.3, 0.4) is 0 Å². The van der Waals surface area contributed by atoms with Gasteiger partial charge in [0.15, 0.2) is 0 Å². The summed E-state index contributed by atoms with van der Waals surface area (Å²) in [5.74, 6) is 0.467. The van der Waals surface area contributed by atoms with Gasteiger partial charge in [-0.15, -0.1) is 0 Å². The highest BCUT2D eigenvalue weighted by molar-refractivity contribution is 7.99. The largest absolute Gasteiger partial charge is 0.396 e. The predicted molar refractivity (Wildman–Crippen MR) is 85.0 cm³/mol. The van der Waals surface area contributed by atoms with Crippen LogP contribution in [-0.4, -0.2) is 53.8 Å². The number of amides is 1. The standard InChI is InChI=1S/C15H28F3NO2S/c1-19(10-6-4-2-3-5-7-11-20)14(21)8-12-22-13-9-15(16,17)18/h20H,2-13H2,1H3. The molecule has 0 aliphatic carbocycles. The molecule has 0 aromatic rings. The minimum atomic E-state index is -4.11. The van der Waals surface area contributed by atoms with Crippen LogP contribution in [0.15, 0.2) is 0 Å². The van der Waals surface area contributed by atoms with Crippen molar-refractivity contribution in [3.05, 3.63) is 0 Å². The fourth-order valence-electron chi connectivity index (χ4n) is 1.93. The summed E-state index contributed by atoms with van der Waals surface area (Å²) in [6, 6.07) is 0. The van der Waals surface area contributed by atoms with Crippen molar-refractivity contribution in [3.8, 4) is 0 Å². The minimum absolute atomic E-state index is 0.000195. The highest BCUT2D eigenvalue weighted by Gasteiger charge is 2.26. The van der Waals surface area contributed by atoms with Gasteiger partial charge < -0.3 is 10.0 Å². The average Bonchev–Trinajstić information content (AvgIpc) is 2.44. The molecule has 0 heterocycles. The molecule has 0 aliphatic rings. The van der Waals surface area contributed by atoms with Gasteiger partial charge in [-0.3, -0.25) is 4.79 Å². The van der Waals surface area contributed by atoms with Crippen molar-refractivity contribution in [1.82, 2.24) is 4.90 Å². The summed E-state index contributed by atoms with van der Waals surface area (Å²) in [4.78, 5) is 13.4. The molecule has 1 amide bonds. The first-order chi connectivity index (χ1) is 10.4. The molecule has 1 N–H and O–H groups in total. The van der Waals surface area contributed by atoms with Crippen LogP contribution in [0.25, 0.3) is 0 Å². The van der Waals surface area contributed by atoms with Crippen LogP contribution in [0.1, 0.15) is 51.4 Å². The van der Waals surface area contributed by atoms with E-state index in [1.807, 2.05) is 0 Å². The molecule has 22 heavy (non-hydrogen) atoms. The van der Waals surface area contributed by atoms with Crippen LogP contribution < -0.4 is 0 Å². The third-order valence-electron chi connectivity index (χ3n) is 3.32. The normalized spacial score (nSPS) is 11.7. The van der Waals surface area contributed by atoms with Gasteiger partial charge in [0.05, 0.1) is 6.42 Å². The van der Waals surface area contributed by atoms with E-state index in [0.717, 1.165) is 38.5 Å². The van der Waals surface area contributed by atoms with Crippen LogP contribution in [0.2, 0.25) is 0 Å². The summed E-state index contributed by atoms with van der Waals surface area (Å²) in [6.45, 7) is 0.949. The summed E-state index contributed by atoms with van der Waals surface area (Å²) in [5.41, 5.74) is 0. The van der Waals surface area contributed by atoms with Gasteiger partial charge in [-0.2, -0.15) is 24.9 Å². The SMILES string of the molecule is CN(CCCCCCCCO)C(=O)CCSCCC(F)(F)F. The molecule has 3 nitrogen and oxygen atoms in total. The first-order valence-corrected chi connectivity index (χ1v) is 9.01. The van der Waals surface area contributed by atoms with Crippen molar-refractivity contribution in [2.24, 2.45) is 0 Å². The fourth-order valence-corrected chi connectivity index (χ4v) is 2.83. The second kappa shape index (κ2) is 13.0. The predicted octanol–water partition coefficient (Wildman–Crippen LogP) is 3.85. The first kappa shape index (κ1) is 21.6. The molecule has 0 rings (SSSR count). The number of alkyl halides is 3. The first-order valence-electron chi connectivity index (χ1n) is 7.86. The molecule has 0 saturated carbocycles. The highest BCUT2D eigenvalue weighted by atomic mass is 32.2. The van der Waals surface area contributed by atoms with Crippen LogP contribution in [0, 0.1) is 0 Å². The van der Waals surface area contributed by atoms with E-state index in [9.17, 15) is 18.0 Å². The summed E-state index contributed by atoms with van der Waals surface area (Å²) in [7, 11) is 1.74. The number of carbonyl (C=O) groups excluding carboxylic acids is 1. The van der Waals surface area contributed by atoms with E-state index < -0.39 is 12.6 Å². The molecule has 0 radical (unpaired) electrons. The summed E-state index contributed by atoms with van der Waals surface area (Å²) in [5, 5.41) is 8.65. The molecule has 0 saturated heterocycles. The lowest BCUT2D eigenvalue weighted by Crippen LogP contribution is -2.28. The van der Waals surface area contributed by atoms with E-state index in [1.54, 1.807) is 11.9 Å². The van der Waals surface area contributed by atoms with Gasteiger partial charge in [0.2, 0.25) is 5.91 Å². The van der Waals surface area contributed by atoms with Crippen molar-refractivity contribution in [1.29, 1.82) is 0 Å². The van der Waals surface area contributed by atoms with Crippen molar-refractivity contribution in [2.45, 2.75) is 57.5 Å². The van der Waals surface area contributed by atoms with E-state index in [2.05, 4.69) is 0 Å². The maximum Gasteiger partial charge on any atom is 0.389 e. The molecule has 0 spiro atoms. The molecular weight excluding hydrogens is 315 g/mol. The molecule has 0 aromatic heterocycles. The second-order valence-corrected chi connectivity index (χ2v) is 6.61. The van der Waals surface area contributed by atoms with Gasteiger partial charge in [-0.25, -0.2) is 0 Å². The molecule has 0 aromatic carbocycles. The zero-order chi connectivity index (χ0) is 16.8. The van der Waals surface area contributed by atoms with Gasteiger partial charge in [-0.05, 0) is 12.8 Å². The Morgan fingerprint density at radius 1 is 1.05 bits per heavy atom. The molecule has 0 atom stereocenters. The molecule has 0 bridgehead atoms. The lowest BCUT2D eigenvalue weighted by molar-refractivity contribution is -0.130. The van der Waals surface area contributed by atoms with E-state index in [0.29, 0.717) is 18.7 Å². The van der Waals surface area contributed by atoms with Gasteiger partial charge >= 0.3 is 6.18 Å². The van der Waals surface area contributed by atoms with E-state index >= 15 is 0 Å². The maximum atomic E-state index is 11.9. The number of unbranched alkanes of at least 4 members (excludes halogenated alkanes) is 5. The van der Waals surface area contributed by atoms with Crippen LogP contribution in [0.5, 0.6) is 0 Å². The Labute approximate surface area is 135 Å². The van der Waals surface area contributed by atoms with Gasteiger partial charge in [0.25, 0.3) is 0 Å². The van der Waals surface area contributed by atoms with Crippen LogP contribution in [0.4, 0.5) is 13.2 Å². The van der Waals surface area contributed by atoms with Gasteiger partial charge in [0, 0.05) is 38.1 Å². The number of halogens is 3. The summed E-state index contributed by atoms with van der Waals surface area (Å²) >= 11 is 1.18. The third kappa shape index (κ3) is 14.5. The number of thioether (sulfide) groups is 1. The lowest BCUT2D eigenvalue weighted by atomic mass is 10.1. The molecule has 0 aliphatic heterocycles. The monoisotopic (exact) mass is 343 g/mol. The van der Waals surface area contributed by atoms with Crippen molar-refractivity contribution in [2.75, 3.05) is 31.7 Å². The Hall–Kier alpha value is -0.430. The molecule has 132 valence electrons. The summed E-state index contributed by atoms with van der Waals surface area (Å²) < 4.78 is 35.8. The molecular formula is C15H28F3NO2S. The number of nitrogens with zero attached hydrogens (tertiary/aromatic N) is 1. The smallest absolute Gasteiger partial charge is 0.389 e. The molecule has 0 fully saturated rings. The number of hydrogen-bond acceptors (Lipinski definition) is 3.